The molecule has 0 aliphatic carbocycles. The standard InChI is InChI=1S/C20H33N3O.HI/c1-16(2)19-9-7-17(8-10-19)6-5-12-22-20(21-3)23(4)14-18-11-13-24-15-18;/h7-10,16,18H,5-6,11-15H2,1-4H3,(H,21,22);1H. The summed E-state index contributed by atoms with van der Waals surface area (Å²) in [5, 5.41) is 3.48. The number of guanidine groups is 1. The third-order valence-corrected chi connectivity index (χ3v) is 4.70. The summed E-state index contributed by atoms with van der Waals surface area (Å²) in [5.41, 5.74) is 2.82. The minimum atomic E-state index is 0. The van der Waals surface area contributed by atoms with Crippen molar-refractivity contribution >= 4 is 29.9 Å². The molecule has 142 valence electrons. The molecule has 0 aromatic heterocycles. The second-order valence-electron chi connectivity index (χ2n) is 7.08. The van der Waals surface area contributed by atoms with Crippen LogP contribution in [0.3, 0.4) is 0 Å². The Bertz CT molecular complexity index is 510. The fraction of sp³-hybridized carbons (Fsp3) is 0.650. The van der Waals surface area contributed by atoms with E-state index in [9.17, 15) is 0 Å². The van der Waals surface area contributed by atoms with E-state index in [1.807, 2.05) is 7.05 Å². The molecule has 0 amide bonds. The third-order valence-electron chi connectivity index (χ3n) is 4.70. The highest BCUT2D eigenvalue weighted by molar-refractivity contribution is 14.0. The van der Waals surface area contributed by atoms with Crippen molar-refractivity contribution < 1.29 is 4.74 Å². The highest BCUT2D eigenvalue weighted by atomic mass is 127. The largest absolute Gasteiger partial charge is 0.381 e. The van der Waals surface area contributed by atoms with Crippen LogP contribution in [-0.4, -0.2) is 51.3 Å². The molecule has 1 aliphatic rings. The van der Waals surface area contributed by atoms with Crippen molar-refractivity contribution in [2.24, 2.45) is 10.9 Å². The van der Waals surface area contributed by atoms with Gasteiger partial charge in [-0.1, -0.05) is 38.1 Å². The minimum absolute atomic E-state index is 0. The third kappa shape index (κ3) is 7.52. The molecule has 1 heterocycles. The molecular formula is C20H34IN3O. The molecular weight excluding hydrogens is 425 g/mol. The van der Waals surface area contributed by atoms with Gasteiger partial charge < -0.3 is 15.0 Å². The van der Waals surface area contributed by atoms with E-state index < -0.39 is 0 Å². The Morgan fingerprint density at radius 2 is 2.04 bits per heavy atom. The smallest absolute Gasteiger partial charge is 0.193 e. The molecule has 1 saturated heterocycles. The fourth-order valence-electron chi connectivity index (χ4n) is 3.15. The maximum absolute atomic E-state index is 5.45. The number of ether oxygens (including phenoxy) is 1. The number of halogens is 1. The number of hydrogen-bond acceptors (Lipinski definition) is 2. The van der Waals surface area contributed by atoms with Crippen molar-refractivity contribution in [1.29, 1.82) is 0 Å². The zero-order valence-corrected chi connectivity index (χ0v) is 18.5. The Morgan fingerprint density at radius 1 is 1.32 bits per heavy atom. The number of aliphatic imine (C=N–C) groups is 1. The number of benzene rings is 1. The lowest BCUT2D eigenvalue weighted by atomic mass is 10.0. The summed E-state index contributed by atoms with van der Waals surface area (Å²) < 4.78 is 5.45. The Morgan fingerprint density at radius 3 is 2.60 bits per heavy atom. The molecule has 1 fully saturated rings. The SMILES string of the molecule is CN=C(NCCCc1ccc(C(C)C)cc1)N(C)CC1CCOC1.I. The lowest BCUT2D eigenvalue weighted by Gasteiger charge is -2.24. The van der Waals surface area contributed by atoms with E-state index in [0.29, 0.717) is 11.8 Å². The minimum Gasteiger partial charge on any atom is -0.381 e. The van der Waals surface area contributed by atoms with Gasteiger partial charge >= 0.3 is 0 Å². The molecule has 0 bridgehead atoms. The van der Waals surface area contributed by atoms with Crippen molar-refractivity contribution in [1.82, 2.24) is 10.2 Å². The first-order valence-electron chi connectivity index (χ1n) is 9.18. The Labute approximate surface area is 170 Å². The summed E-state index contributed by atoms with van der Waals surface area (Å²) in [4.78, 5) is 6.62. The average molecular weight is 459 g/mol. The van der Waals surface area contributed by atoms with Gasteiger partial charge in [0.15, 0.2) is 5.96 Å². The molecule has 2 rings (SSSR count). The van der Waals surface area contributed by atoms with Crippen LogP contribution in [0.15, 0.2) is 29.3 Å². The number of nitrogens with zero attached hydrogens (tertiary/aromatic N) is 2. The summed E-state index contributed by atoms with van der Waals surface area (Å²) in [6, 6.07) is 9.03. The van der Waals surface area contributed by atoms with Gasteiger partial charge in [0.2, 0.25) is 0 Å². The number of rotatable bonds is 7. The maximum atomic E-state index is 5.45. The van der Waals surface area contributed by atoms with Gasteiger partial charge in [-0.15, -0.1) is 24.0 Å². The molecule has 0 saturated carbocycles. The summed E-state index contributed by atoms with van der Waals surface area (Å²) in [5.74, 6) is 2.22. The number of aryl methyl sites for hydroxylation is 1. The molecule has 5 heteroatoms. The zero-order valence-electron chi connectivity index (χ0n) is 16.1. The van der Waals surface area contributed by atoms with E-state index in [1.165, 1.54) is 11.1 Å². The monoisotopic (exact) mass is 459 g/mol. The lowest BCUT2D eigenvalue weighted by molar-refractivity contribution is 0.181. The molecule has 1 unspecified atom stereocenters. The fourth-order valence-corrected chi connectivity index (χ4v) is 3.15. The van der Waals surface area contributed by atoms with E-state index >= 15 is 0 Å². The topological polar surface area (TPSA) is 36.9 Å². The molecule has 0 spiro atoms. The Balaban J connectivity index is 0.00000312. The van der Waals surface area contributed by atoms with Crippen LogP contribution in [0, 0.1) is 5.92 Å². The van der Waals surface area contributed by atoms with Crippen LogP contribution in [0.4, 0.5) is 0 Å². The van der Waals surface area contributed by atoms with Gasteiger partial charge in [-0.25, -0.2) is 0 Å². The van der Waals surface area contributed by atoms with Crippen LogP contribution in [0.25, 0.3) is 0 Å². The predicted molar refractivity (Wildman–Crippen MR) is 117 cm³/mol. The average Bonchev–Trinajstić information content (AvgIpc) is 3.08. The van der Waals surface area contributed by atoms with Gasteiger partial charge in [-0.3, -0.25) is 4.99 Å². The van der Waals surface area contributed by atoms with E-state index in [4.69, 9.17) is 4.74 Å². The molecule has 1 aromatic carbocycles. The second-order valence-corrected chi connectivity index (χ2v) is 7.08. The van der Waals surface area contributed by atoms with E-state index in [0.717, 1.165) is 51.5 Å². The van der Waals surface area contributed by atoms with Crippen molar-refractivity contribution in [2.45, 2.75) is 39.0 Å². The van der Waals surface area contributed by atoms with Gasteiger partial charge in [0.05, 0.1) is 6.61 Å². The second kappa shape index (κ2) is 11.7. The van der Waals surface area contributed by atoms with Crippen LogP contribution < -0.4 is 5.32 Å². The first kappa shape index (κ1) is 22.2. The normalized spacial score (nSPS) is 17.5. The summed E-state index contributed by atoms with van der Waals surface area (Å²) in [6.07, 6.45) is 3.37. The predicted octanol–water partition coefficient (Wildman–Crippen LogP) is 3.90. The first-order chi connectivity index (χ1) is 11.6. The van der Waals surface area contributed by atoms with Crippen LogP contribution in [-0.2, 0) is 11.2 Å². The van der Waals surface area contributed by atoms with E-state index in [-0.39, 0.29) is 24.0 Å². The maximum Gasteiger partial charge on any atom is 0.193 e. The molecule has 1 N–H and O–H groups in total. The quantitative estimate of drug-likeness (QED) is 0.291. The van der Waals surface area contributed by atoms with Crippen molar-refractivity contribution in [3.05, 3.63) is 35.4 Å². The van der Waals surface area contributed by atoms with Crippen LogP contribution in [0.2, 0.25) is 0 Å². The molecule has 0 radical (unpaired) electrons. The van der Waals surface area contributed by atoms with Gasteiger partial charge in [-0.2, -0.15) is 0 Å². The van der Waals surface area contributed by atoms with E-state index in [2.05, 4.69) is 60.4 Å². The summed E-state index contributed by atoms with van der Waals surface area (Å²) >= 11 is 0. The van der Waals surface area contributed by atoms with Crippen LogP contribution in [0.5, 0.6) is 0 Å². The molecule has 1 aliphatic heterocycles. The number of hydrogen-bond donors (Lipinski definition) is 1. The van der Waals surface area contributed by atoms with Gasteiger partial charge in [0.25, 0.3) is 0 Å². The molecule has 25 heavy (non-hydrogen) atoms. The lowest BCUT2D eigenvalue weighted by Crippen LogP contribution is -2.41. The van der Waals surface area contributed by atoms with Gasteiger partial charge in [0, 0.05) is 39.7 Å². The van der Waals surface area contributed by atoms with Gasteiger partial charge in [0.1, 0.15) is 0 Å². The van der Waals surface area contributed by atoms with Crippen molar-refractivity contribution in [2.75, 3.05) is 40.4 Å². The molecule has 4 nitrogen and oxygen atoms in total. The molecule has 1 aromatic rings. The summed E-state index contributed by atoms with van der Waals surface area (Å²) in [7, 11) is 3.97. The van der Waals surface area contributed by atoms with Crippen molar-refractivity contribution in [3.8, 4) is 0 Å². The molecule has 1 atom stereocenters. The first-order valence-corrected chi connectivity index (χ1v) is 9.18. The zero-order chi connectivity index (χ0) is 17.4. The van der Waals surface area contributed by atoms with Gasteiger partial charge in [-0.05, 0) is 36.3 Å². The highest BCUT2D eigenvalue weighted by Crippen LogP contribution is 2.15. The summed E-state index contributed by atoms with van der Waals surface area (Å²) in [6.45, 7) is 8.21. The Hall–Kier alpha value is -0.820. The van der Waals surface area contributed by atoms with Crippen LogP contribution >= 0.6 is 24.0 Å². The Kier molecular flexibility index (Phi) is 10.4. The highest BCUT2D eigenvalue weighted by Gasteiger charge is 2.18. The van der Waals surface area contributed by atoms with Crippen molar-refractivity contribution in [3.63, 3.8) is 0 Å². The van der Waals surface area contributed by atoms with Crippen LogP contribution in [0.1, 0.15) is 43.7 Å². The van der Waals surface area contributed by atoms with E-state index in [1.54, 1.807) is 0 Å². The number of nitrogens with one attached hydrogen (secondary N) is 1.